The Bertz CT molecular complexity index is 704. The molecule has 0 aliphatic heterocycles. The Morgan fingerprint density at radius 3 is 2.86 bits per heavy atom. The maximum absolute atomic E-state index is 12.0. The van der Waals surface area contributed by atoms with Crippen LogP contribution in [0.5, 0.6) is 0 Å². The Balaban J connectivity index is 1.90. The number of amides is 1. The van der Waals surface area contributed by atoms with Gasteiger partial charge in [0.05, 0.1) is 23.7 Å². The van der Waals surface area contributed by atoms with Crippen LogP contribution in [-0.2, 0) is 16.1 Å². The number of carbonyl (C=O) groups excluding carboxylic acids is 2. The van der Waals surface area contributed by atoms with Gasteiger partial charge in [0.25, 0.3) is 5.91 Å². The Morgan fingerprint density at radius 2 is 2.18 bits per heavy atom. The number of nitrogens with zero attached hydrogens (tertiary/aromatic N) is 1. The minimum atomic E-state index is -0.904. The van der Waals surface area contributed by atoms with Crippen molar-refractivity contribution in [3.8, 4) is 6.07 Å². The summed E-state index contributed by atoms with van der Waals surface area (Å²) in [6.45, 7) is 1.91. The van der Waals surface area contributed by atoms with Crippen LogP contribution in [0.4, 0.5) is 0 Å². The second kappa shape index (κ2) is 7.38. The predicted octanol–water partition coefficient (Wildman–Crippen LogP) is 2.48. The van der Waals surface area contributed by atoms with Gasteiger partial charge in [-0.25, -0.2) is 4.79 Å². The zero-order chi connectivity index (χ0) is 15.9. The van der Waals surface area contributed by atoms with Crippen LogP contribution < -0.4 is 5.32 Å². The van der Waals surface area contributed by atoms with E-state index in [4.69, 9.17) is 10.00 Å². The number of hydrogen-bond acceptors (Lipinski definition) is 5. The van der Waals surface area contributed by atoms with Crippen LogP contribution in [0.3, 0.4) is 0 Å². The summed E-state index contributed by atoms with van der Waals surface area (Å²) in [6.07, 6.45) is -0.904. The summed E-state index contributed by atoms with van der Waals surface area (Å²) in [5.74, 6) is -0.992. The van der Waals surface area contributed by atoms with E-state index in [1.165, 1.54) is 24.3 Å². The van der Waals surface area contributed by atoms with Gasteiger partial charge in [0.15, 0.2) is 6.10 Å². The van der Waals surface area contributed by atoms with Crippen LogP contribution in [-0.4, -0.2) is 18.0 Å². The maximum Gasteiger partial charge on any atom is 0.338 e. The predicted molar refractivity (Wildman–Crippen MR) is 82.2 cm³/mol. The highest BCUT2D eigenvalue weighted by atomic mass is 32.1. The van der Waals surface area contributed by atoms with Crippen molar-refractivity contribution in [3.05, 3.63) is 57.8 Å². The first-order valence-corrected chi connectivity index (χ1v) is 7.49. The summed E-state index contributed by atoms with van der Waals surface area (Å²) in [7, 11) is 0. The summed E-state index contributed by atoms with van der Waals surface area (Å²) in [5.41, 5.74) is 0.612. The van der Waals surface area contributed by atoms with Gasteiger partial charge < -0.3 is 10.1 Å². The van der Waals surface area contributed by atoms with E-state index in [2.05, 4.69) is 5.32 Å². The normalized spacial score (nSPS) is 11.3. The topological polar surface area (TPSA) is 79.2 Å². The summed E-state index contributed by atoms with van der Waals surface area (Å²) in [5, 5.41) is 13.4. The van der Waals surface area contributed by atoms with E-state index in [0.717, 1.165) is 4.88 Å². The van der Waals surface area contributed by atoms with Crippen LogP contribution in [0.25, 0.3) is 0 Å². The highest BCUT2D eigenvalue weighted by Crippen LogP contribution is 2.09. The van der Waals surface area contributed by atoms with Gasteiger partial charge in [-0.1, -0.05) is 12.1 Å². The third kappa shape index (κ3) is 4.17. The largest absolute Gasteiger partial charge is 0.449 e. The first kappa shape index (κ1) is 15.7. The Kier molecular flexibility index (Phi) is 5.28. The van der Waals surface area contributed by atoms with Crippen LogP contribution in [0.1, 0.15) is 27.7 Å². The van der Waals surface area contributed by atoms with Gasteiger partial charge in [-0.05, 0) is 36.6 Å². The first-order chi connectivity index (χ1) is 10.6. The van der Waals surface area contributed by atoms with Crippen molar-refractivity contribution in [1.29, 1.82) is 5.26 Å². The summed E-state index contributed by atoms with van der Waals surface area (Å²) < 4.78 is 5.11. The fourth-order valence-electron chi connectivity index (χ4n) is 1.73. The molecule has 0 fully saturated rings. The monoisotopic (exact) mass is 314 g/mol. The molecule has 1 atom stereocenters. The van der Waals surface area contributed by atoms with Crippen molar-refractivity contribution >= 4 is 23.2 Å². The van der Waals surface area contributed by atoms with Gasteiger partial charge >= 0.3 is 5.97 Å². The Hall–Kier alpha value is -2.65. The molecule has 0 spiro atoms. The lowest BCUT2D eigenvalue weighted by Gasteiger charge is -2.13. The molecule has 0 aliphatic rings. The van der Waals surface area contributed by atoms with Gasteiger partial charge in [0, 0.05) is 4.88 Å². The van der Waals surface area contributed by atoms with Gasteiger partial charge in [-0.2, -0.15) is 5.26 Å². The quantitative estimate of drug-likeness (QED) is 0.860. The van der Waals surface area contributed by atoms with Crippen LogP contribution >= 0.6 is 11.3 Å². The molecular weight excluding hydrogens is 300 g/mol. The van der Waals surface area contributed by atoms with Crippen molar-refractivity contribution in [2.75, 3.05) is 0 Å². The number of thiophene rings is 1. The van der Waals surface area contributed by atoms with E-state index in [1.54, 1.807) is 18.2 Å². The highest BCUT2D eigenvalue weighted by molar-refractivity contribution is 7.09. The number of benzene rings is 1. The lowest BCUT2D eigenvalue weighted by atomic mass is 10.1. The second-order valence-corrected chi connectivity index (χ2v) is 5.57. The average Bonchev–Trinajstić information content (AvgIpc) is 3.05. The van der Waals surface area contributed by atoms with Gasteiger partial charge in [0.1, 0.15) is 0 Å². The molecule has 1 N–H and O–H groups in total. The van der Waals surface area contributed by atoms with Crippen molar-refractivity contribution in [2.24, 2.45) is 0 Å². The average molecular weight is 314 g/mol. The molecule has 0 bridgehead atoms. The summed E-state index contributed by atoms with van der Waals surface area (Å²) >= 11 is 1.54. The van der Waals surface area contributed by atoms with Crippen molar-refractivity contribution in [1.82, 2.24) is 5.32 Å². The van der Waals surface area contributed by atoms with E-state index in [0.29, 0.717) is 12.1 Å². The number of rotatable bonds is 5. The Morgan fingerprint density at radius 1 is 1.36 bits per heavy atom. The second-order valence-electron chi connectivity index (χ2n) is 4.54. The first-order valence-electron chi connectivity index (χ1n) is 6.61. The molecule has 1 heterocycles. The molecule has 1 aromatic carbocycles. The molecule has 0 unspecified atom stereocenters. The van der Waals surface area contributed by atoms with E-state index < -0.39 is 12.1 Å². The SMILES string of the molecule is C[C@H](OC(=O)c1cccc(C#N)c1)C(=O)NCc1cccs1. The number of ether oxygens (including phenoxy) is 1. The molecule has 5 nitrogen and oxygen atoms in total. The molecule has 0 saturated carbocycles. The molecule has 1 amide bonds. The smallest absolute Gasteiger partial charge is 0.338 e. The fourth-order valence-corrected chi connectivity index (χ4v) is 2.37. The molecule has 1 aromatic heterocycles. The van der Waals surface area contributed by atoms with Crippen LogP contribution in [0.2, 0.25) is 0 Å². The van der Waals surface area contributed by atoms with Crippen molar-refractivity contribution in [3.63, 3.8) is 0 Å². The number of hydrogen-bond donors (Lipinski definition) is 1. The lowest BCUT2D eigenvalue weighted by Crippen LogP contribution is -2.35. The van der Waals surface area contributed by atoms with Crippen LogP contribution in [0, 0.1) is 11.3 Å². The highest BCUT2D eigenvalue weighted by Gasteiger charge is 2.18. The summed E-state index contributed by atoms with van der Waals surface area (Å²) in [6, 6.07) is 11.9. The van der Waals surface area contributed by atoms with Gasteiger partial charge in [0.2, 0.25) is 0 Å². The van der Waals surface area contributed by atoms with E-state index >= 15 is 0 Å². The maximum atomic E-state index is 12.0. The molecule has 2 rings (SSSR count). The van der Waals surface area contributed by atoms with Gasteiger partial charge in [-0.3, -0.25) is 4.79 Å². The molecule has 22 heavy (non-hydrogen) atoms. The van der Waals surface area contributed by atoms with Gasteiger partial charge in [-0.15, -0.1) is 11.3 Å². The molecule has 2 aromatic rings. The number of nitriles is 1. The minimum Gasteiger partial charge on any atom is -0.449 e. The third-order valence-electron chi connectivity index (χ3n) is 2.90. The molecular formula is C16H14N2O3S. The number of nitrogens with one attached hydrogen (secondary N) is 1. The van der Waals surface area contributed by atoms with Crippen molar-refractivity contribution < 1.29 is 14.3 Å². The molecule has 0 saturated heterocycles. The molecule has 6 heteroatoms. The third-order valence-corrected chi connectivity index (χ3v) is 3.77. The number of esters is 1. The van der Waals surface area contributed by atoms with E-state index in [-0.39, 0.29) is 11.5 Å². The van der Waals surface area contributed by atoms with Crippen LogP contribution in [0.15, 0.2) is 41.8 Å². The number of carbonyl (C=O) groups is 2. The van der Waals surface area contributed by atoms with E-state index in [9.17, 15) is 9.59 Å². The fraction of sp³-hybridized carbons (Fsp3) is 0.188. The molecule has 112 valence electrons. The van der Waals surface area contributed by atoms with E-state index in [1.807, 2.05) is 23.6 Å². The molecule has 0 aliphatic carbocycles. The zero-order valence-corrected chi connectivity index (χ0v) is 12.7. The van der Waals surface area contributed by atoms with Crippen molar-refractivity contribution in [2.45, 2.75) is 19.6 Å². The lowest BCUT2D eigenvalue weighted by molar-refractivity contribution is -0.129. The Labute approximate surface area is 132 Å². The summed E-state index contributed by atoms with van der Waals surface area (Å²) in [4.78, 5) is 24.9. The molecule has 0 radical (unpaired) electrons. The minimum absolute atomic E-state index is 0.247. The standard InChI is InChI=1S/C16H14N2O3S/c1-11(15(19)18-10-14-6-3-7-22-14)21-16(20)13-5-2-4-12(8-13)9-17/h2-8,11H,10H2,1H3,(H,18,19)/t11-/m0/s1. The zero-order valence-electron chi connectivity index (χ0n) is 11.9.